The topological polar surface area (TPSA) is 43.9 Å². The summed E-state index contributed by atoms with van der Waals surface area (Å²) in [5, 5.41) is 3.39. The molecule has 0 aliphatic carbocycles. The molecule has 0 fully saturated rings. The van der Waals surface area contributed by atoms with E-state index in [9.17, 15) is 0 Å². The van der Waals surface area contributed by atoms with E-state index in [2.05, 4.69) is 95.9 Å². The molecule has 0 aliphatic heterocycles. The van der Waals surface area contributed by atoms with E-state index in [1.165, 1.54) is 16.8 Å². The van der Waals surface area contributed by atoms with E-state index < -0.39 is 20.8 Å². The van der Waals surface area contributed by atoms with Crippen LogP contribution < -0.4 is 5.19 Å². The van der Waals surface area contributed by atoms with Crippen LogP contribution in [-0.4, -0.2) is 22.6 Å². The van der Waals surface area contributed by atoms with Gasteiger partial charge in [0, 0.05) is 43.7 Å². The van der Waals surface area contributed by atoms with E-state index in [1.807, 2.05) is 62.5 Å². The Balaban J connectivity index is 0.000000185. The summed E-state index contributed by atoms with van der Waals surface area (Å²) in [6.07, 6.45) is 1.89. The second-order valence-corrected chi connectivity index (χ2v) is 18.6. The molecule has 6 heteroatoms. The van der Waals surface area contributed by atoms with Crippen molar-refractivity contribution in [2.45, 2.75) is 52.8 Å². The summed E-state index contributed by atoms with van der Waals surface area (Å²) in [6, 6.07) is 44.1. The average Bonchev–Trinajstić information content (AvgIpc) is 3.69. The first-order valence-electron chi connectivity index (χ1n) is 18.5. The van der Waals surface area contributed by atoms with Crippen molar-refractivity contribution < 1.29 is 30.0 Å². The van der Waals surface area contributed by atoms with Crippen LogP contribution in [0.1, 0.15) is 41.9 Å². The van der Waals surface area contributed by atoms with Crippen molar-refractivity contribution in [3.8, 4) is 22.6 Å². The van der Waals surface area contributed by atoms with Crippen molar-refractivity contribution in [2.24, 2.45) is 0 Å². The molecule has 4 nitrogen and oxygen atoms in total. The summed E-state index contributed by atoms with van der Waals surface area (Å²) in [5.74, 6) is 0.158. The van der Waals surface area contributed by atoms with E-state index in [-0.39, 0.29) is 25.7 Å². The maximum Gasteiger partial charge on any atom is 0.120 e. The van der Waals surface area contributed by atoms with Crippen LogP contribution in [-0.2, 0) is 26.7 Å². The average molecular weight is 852 g/mol. The molecule has 3 aromatic heterocycles. The van der Waals surface area contributed by atoms with Gasteiger partial charge in [0.05, 0.1) is 30.5 Å². The number of rotatable bonds is 6. The minimum absolute atomic E-state index is 0. The Morgan fingerprint density at radius 3 is 2.38 bits per heavy atom. The predicted molar refractivity (Wildman–Crippen MR) is 207 cm³/mol. The first kappa shape index (κ1) is 30.2. The molecule has 0 N–H and O–H groups in total. The van der Waals surface area contributed by atoms with Crippen LogP contribution in [0.25, 0.3) is 55.6 Å². The number of para-hydroxylation sites is 3. The van der Waals surface area contributed by atoms with Crippen LogP contribution in [0.15, 0.2) is 126 Å². The molecule has 8 rings (SSSR count). The Bertz CT molecular complexity index is 2550. The Morgan fingerprint density at radius 2 is 1.64 bits per heavy atom. The first-order valence-corrected chi connectivity index (χ1v) is 20.0. The van der Waals surface area contributed by atoms with Crippen molar-refractivity contribution >= 4 is 46.2 Å². The SMILES string of the molecule is [2H]C([2H])([2H])c1c[c-]c(-c2cc(C([2H])(C)C)c([Si](C)(C)C)cn2)cc1.[Ir].[c-]1ccc2c(oc3ccccc32)c1-c1nc2ccccc2n1Cc1ccccc1. The monoisotopic (exact) mass is 852 g/mol. The summed E-state index contributed by atoms with van der Waals surface area (Å²) < 4.78 is 39.3. The van der Waals surface area contributed by atoms with Gasteiger partial charge >= 0.3 is 0 Å². The van der Waals surface area contributed by atoms with Crippen molar-refractivity contribution in [1.82, 2.24) is 14.5 Å². The van der Waals surface area contributed by atoms with Gasteiger partial charge in [-0.3, -0.25) is 4.98 Å². The number of aromatic nitrogens is 3. The molecule has 1 radical (unpaired) electrons. The molecule has 0 spiro atoms. The maximum atomic E-state index is 8.48. The molecule has 0 aliphatic rings. The molecular formula is C44H41IrN3OSi-2. The first-order chi connectivity index (χ1) is 25.2. The van der Waals surface area contributed by atoms with Gasteiger partial charge in [-0.05, 0) is 40.5 Å². The minimum Gasteiger partial charge on any atom is -0.501 e. The van der Waals surface area contributed by atoms with E-state index in [0.29, 0.717) is 0 Å². The number of pyridine rings is 1. The molecule has 0 atom stereocenters. The molecule has 3 heterocycles. The zero-order valence-electron chi connectivity index (χ0n) is 32.8. The fourth-order valence-corrected chi connectivity index (χ4v) is 7.83. The molecule has 0 bridgehead atoms. The summed E-state index contributed by atoms with van der Waals surface area (Å²) in [5.41, 5.74) is 8.64. The van der Waals surface area contributed by atoms with Crippen molar-refractivity contribution in [1.29, 1.82) is 0 Å². The summed E-state index contributed by atoms with van der Waals surface area (Å²) in [7, 11) is -1.61. The molecule has 8 aromatic rings. The molecule has 0 saturated heterocycles. The number of benzene rings is 5. The van der Waals surface area contributed by atoms with Crippen molar-refractivity contribution in [3.63, 3.8) is 0 Å². The normalized spacial score (nSPS) is 13.1. The number of fused-ring (bicyclic) bond motifs is 4. The molecule has 5 aromatic carbocycles. The Labute approximate surface area is 315 Å². The van der Waals surface area contributed by atoms with E-state index in [4.69, 9.17) is 14.9 Å². The summed E-state index contributed by atoms with van der Waals surface area (Å²) in [4.78, 5) is 9.53. The van der Waals surface area contributed by atoms with E-state index in [0.717, 1.165) is 67.7 Å². The number of furan rings is 1. The quantitative estimate of drug-likeness (QED) is 0.124. The number of hydrogen-bond acceptors (Lipinski definition) is 3. The Kier molecular flexibility index (Phi) is 8.89. The van der Waals surface area contributed by atoms with Gasteiger partial charge in [-0.25, -0.2) is 0 Å². The second kappa shape index (κ2) is 14.7. The summed E-state index contributed by atoms with van der Waals surface area (Å²) in [6.45, 7) is 9.12. The Hall–Kier alpha value is -4.61. The maximum absolute atomic E-state index is 8.48. The van der Waals surface area contributed by atoms with Crippen LogP contribution in [0.3, 0.4) is 0 Å². The van der Waals surface area contributed by atoms with Gasteiger partial charge in [-0.15, -0.1) is 53.6 Å². The van der Waals surface area contributed by atoms with Gasteiger partial charge in [0.2, 0.25) is 0 Å². The third kappa shape index (κ3) is 7.15. The number of imidazole rings is 1. The van der Waals surface area contributed by atoms with Gasteiger partial charge in [0.25, 0.3) is 0 Å². The fourth-order valence-electron chi connectivity index (χ4n) is 6.25. The molecule has 50 heavy (non-hydrogen) atoms. The molecule has 0 amide bonds. The Morgan fingerprint density at radius 1 is 0.880 bits per heavy atom. The van der Waals surface area contributed by atoms with Crippen LogP contribution in [0, 0.1) is 19.0 Å². The standard InChI is InChI=1S/C26H17N2O.C18H24NSi.Ir/c1-2-9-18(10-3-1)17-28-23-15-6-5-14-22(23)27-26(28)21-13-8-12-20-19-11-4-7-16-24(19)29-25(20)21;1-13(2)16-11-17(15-9-7-14(3)8-10-15)19-12-18(16)20(4,5)6;/h1-12,14-16H,17H2;7-9,11-13H,1-6H3;/q2*-1;/i;3D3,13D;. The minimum atomic E-state index is -2.13. The molecule has 0 saturated carbocycles. The van der Waals surface area contributed by atoms with Gasteiger partial charge in [0.15, 0.2) is 0 Å². The molecule has 0 unspecified atom stereocenters. The third-order valence-electron chi connectivity index (χ3n) is 8.74. The number of hydrogen-bond donors (Lipinski definition) is 0. The van der Waals surface area contributed by atoms with Gasteiger partial charge in [0.1, 0.15) is 5.58 Å². The third-order valence-corrected chi connectivity index (χ3v) is 10.8. The van der Waals surface area contributed by atoms with Crippen LogP contribution >= 0.6 is 0 Å². The number of aryl methyl sites for hydroxylation is 1. The zero-order chi connectivity index (χ0) is 37.5. The largest absolute Gasteiger partial charge is 0.501 e. The fraction of sp³-hybridized carbons (Fsp3) is 0.182. The predicted octanol–water partition coefficient (Wildman–Crippen LogP) is 11.0. The smallest absolute Gasteiger partial charge is 0.120 e. The van der Waals surface area contributed by atoms with E-state index in [1.54, 1.807) is 12.1 Å². The van der Waals surface area contributed by atoms with Gasteiger partial charge in [-0.1, -0.05) is 124 Å². The summed E-state index contributed by atoms with van der Waals surface area (Å²) >= 11 is 0. The van der Waals surface area contributed by atoms with Gasteiger partial charge < -0.3 is 14.0 Å². The second-order valence-electron chi connectivity index (χ2n) is 13.5. The van der Waals surface area contributed by atoms with Crippen LogP contribution in [0.5, 0.6) is 0 Å². The molecule has 253 valence electrons. The van der Waals surface area contributed by atoms with E-state index >= 15 is 0 Å². The number of nitrogens with zero attached hydrogens (tertiary/aromatic N) is 3. The van der Waals surface area contributed by atoms with Crippen LogP contribution in [0.2, 0.25) is 19.6 Å². The molecular weight excluding hydrogens is 807 g/mol. The van der Waals surface area contributed by atoms with Gasteiger partial charge in [-0.2, -0.15) is 0 Å². The zero-order valence-corrected chi connectivity index (χ0v) is 32.2. The van der Waals surface area contributed by atoms with Crippen molar-refractivity contribution in [3.05, 3.63) is 150 Å². The van der Waals surface area contributed by atoms with Crippen molar-refractivity contribution in [2.75, 3.05) is 0 Å². The van der Waals surface area contributed by atoms with Crippen LogP contribution in [0.4, 0.5) is 0 Å².